The summed E-state index contributed by atoms with van der Waals surface area (Å²) in [6.07, 6.45) is 5.32. The highest BCUT2D eigenvalue weighted by Crippen LogP contribution is 2.43. The van der Waals surface area contributed by atoms with Gasteiger partial charge >= 0.3 is 0 Å². The Labute approximate surface area is 190 Å². The van der Waals surface area contributed by atoms with E-state index < -0.39 is 0 Å². The lowest BCUT2D eigenvalue weighted by Crippen LogP contribution is -2.34. The van der Waals surface area contributed by atoms with E-state index in [-0.39, 0.29) is 5.71 Å². The van der Waals surface area contributed by atoms with Crippen molar-refractivity contribution in [3.8, 4) is 11.5 Å². The van der Waals surface area contributed by atoms with Crippen LogP contribution in [-0.4, -0.2) is 49.3 Å². The molecule has 0 unspecified atom stereocenters. The fraction of sp³-hybridized carbons (Fsp3) is 0.286. The lowest BCUT2D eigenvalue weighted by molar-refractivity contribution is 0.183. The minimum absolute atomic E-state index is 0.178. The van der Waals surface area contributed by atoms with Crippen LogP contribution in [0.15, 0.2) is 41.7 Å². The number of allylic oxidation sites excluding steroid dienone is 1. The summed E-state index contributed by atoms with van der Waals surface area (Å²) in [5.41, 5.74) is 2.57. The SMILES string of the molecule is C=C1C=C(c2c(Cl)c(OC)cc(OC)c2Cl)NC(=NCc2cnn(CCOC)c2)C1=N. The third kappa shape index (κ3) is 4.92. The van der Waals surface area contributed by atoms with E-state index in [0.29, 0.717) is 63.9 Å². The second-order valence-corrected chi connectivity index (χ2v) is 7.39. The smallest absolute Gasteiger partial charge is 0.151 e. The van der Waals surface area contributed by atoms with E-state index in [1.54, 1.807) is 30.1 Å². The molecule has 1 aromatic carbocycles. The average Bonchev–Trinajstić information content (AvgIpc) is 3.21. The number of nitrogens with zero attached hydrogens (tertiary/aromatic N) is 3. The Balaban J connectivity index is 1.91. The Bertz CT molecular complexity index is 1050. The van der Waals surface area contributed by atoms with Crippen LogP contribution in [0.25, 0.3) is 5.70 Å². The van der Waals surface area contributed by atoms with E-state index in [4.69, 9.17) is 42.8 Å². The van der Waals surface area contributed by atoms with Crippen LogP contribution in [0, 0.1) is 5.41 Å². The van der Waals surface area contributed by atoms with Crippen molar-refractivity contribution >= 4 is 40.4 Å². The van der Waals surface area contributed by atoms with Crippen LogP contribution in [0.1, 0.15) is 11.1 Å². The normalized spacial score (nSPS) is 15.1. The highest BCUT2D eigenvalue weighted by molar-refractivity contribution is 6.50. The molecule has 0 radical (unpaired) electrons. The first kappa shape index (κ1) is 22.9. The van der Waals surface area contributed by atoms with Crippen molar-refractivity contribution in [2.24, 2.45) is 4.99 Å². The van der Waals surface area contributed by atoms with Gasteiger partial charge in [-0.05, 0) is 11.6 Å². The zero-order valence-electron chi connectivity index (χ0n) is 17.5. The first-order chi connectivity index (χ1) is 14.9. The van der Waals surface area contributed by atoms with Crippen LogP contribution in [0.3, 0.4) is 0 Å². The first-order valence-corrected chi connectivity index (χ1v) is 10.1. The fourth-order valence-corrected chi connectivity index (χ4v) is 3.67. The molecule has 0 bridgehead atoms. The Morgan fingerprint density at radius 2 is 1.87 bits per heavy atom. The molecular formula is C21H23Cl2N5O3. The van der Waals surface area contributed by atoms with Gasteiger partial charge in [0.1, 0.15) is 17.2 Å². The number of methoxy groups -OCH3 is 3. The van der Waals surface area contributed by atoms with Crippen LogP contribution in [0.4, 0.5) is 0 Å². The third-order valence-corrected chi connectivity index (χ3v) is 5.35. The van der Waals surface area contributed by atoms with Crippen LogP contribution < -0.4 is 14.8 Å². The van der Waals surface area contributed by atoms with Crippen molar-refractivity contribution in [3.05, 3.63) is 57.9 Å². The molecule has 2 heterocycles. The lowest BCUT2D eigenvalue weighted by atomic mass is 10.0. The van der Waals surface area contributed by atoms with Crippen molar-refractivity contribution in [2.75, 3.05) is 27.9 Å². The zero-order valence-corrected chi connectivity index (χ0v) is 19.0. The quantitative estimate of drug-likeness (QED) is 0.617. The molecule has 0 saturated carbocycles. The van der Waals surface area contributed by atoms with Crippen molar-refractivity contribution < 1.29 is 14.2 Å². The molecule has 0 saturated heterocycles. The number of hydrogen-bond donors (Lipinski definition) is 2. The van der Waals surface area contributed by atoms with Gasteiger partial charge in [-0.15, -0.1) is 0 Å². The molecule has 2 N–H and O–H groups in total. The number of benzene rings is 1. The van der Waals surface area contributed by atoms with Gasteiger partial charge in [0.25, 0.3) is 0 Å². The van der Waals surface area contributed by atoms with E-state index in [1.807, 2.05) is 6.20 Å². The van der Waals surface area contributed by atoms with E-state index in [0.717, 1.165) is 5.56 Å². The molecular weight excluding hydrogens is 441 g/mol. The molecule has 0 fully saturated rings. The molecule has 0 spiro atoms. The number of aliphatic imine (C=N–C) groups is 1. The summed E-state index contributed by atoms with van der Waals surface area (Å²) >= 11 is 13.1. The van der Waals surface area contributed by atoms with E-state index in [2.05, 4.69) is 22.0 Å². The first-order valence-electron chi connectivity index (χ1n) is 9.31. The lowest BCUT2D eigenvalue weighted by Gasteiger charge is -2.23. The maximum atomic E-state index is 8.34. The standard InChI is InChI=1S/C21H23Cl2N5O3/c1-12-7-14(17-18(22)15(30-3)8-16(31-4)19(17)23)27-21(20(12)24)25-9-13-10-26-28(11-13)5-6-29-2/h7-8,10-11,24H,1,5-6,9H2,2-4H3,(H,25,27). The van der Waals surface area contributed by atoms with Crippen molar-refractivity contribution in [1.29, 1.82) is 5.41 Å². The van der Waals surface area contributed by atoms with Crippen molar-refractivity contribution in [2.45, 2.75) is 13.1 Å². The monoisotopic (exact) mass is 463 g/mol. The van der Waals surface area contributed by atoms with E-state index >= 15 is 0 Å². The molecule has 1 aliphatic heterocycles. The van der Waals surface area contributed by atoms with Gasteiger partial charge in [-0.2, -0.15) is 5.10 Å². The summed E-state index contributed by atoms with van der Waals surface area (Å²) in [6, 6.07) is 1.62. The number of amidine groups is 1. The van der Waals surface area contributed by atoms with Gasteiger partial charge < -0.3 is 19.5 Å². The second kappa shape index (κ2) is 10.00. The minimum Gasteiger partial charge on any atom is -0.495 e. The van der Waals surface area contributed by atoms with E-state index in [9.17, 15) is 0 Å². The molecule has 164 valence electrons. The van der Waals surface area contributed by atoms with Gasteiger partial charge in [0.15, 0.2) is 5.84 Å². The number of halogens is 2. The third-order valence-electron chi connectivity index (χ3n) is 4.60. The molecule has 0 aliphatic carbocycles. The number of ether oxygens (including phenoxy) is 3. The number of aromatic nitrogens is 2. The molecule has 0 amide bonds. The Morgan fingerprint density at radius 1 is 1.19 bits per heavy atom. The molecule has 1 aromatic heterocycles. The van der Waals surface area contributed by atoms with Crippen molar-refractivity contribution in [3.63, 3.8) is 0 Å². The van der Waals surface area contributed by atoms with Crippen molar-refractivity contribution in [1.82, 2.24) is 15.1 Å². The van der Waals surface area contributed by atoms with Gasteiger partial charge in [0.05, 0.1) is 55.9 Å². The molecule has 0 atom stereocenters. The van der Waals surface area contributed by atoms with Gasteiger partial charge in [-0.25, -0.2) is 0 Å². The molecule has 1 aliphatic rings. The predicted molar refractivity (Wildman–Crippen MR) is 123 cm³/mol. The predicted octanol–water partition coefficient (Wildman–Crippen LogP) is 3.97. The topological polar surface area (TPSA) is 93.8 Å². The van der Waals surface area contributed by atoms with Gasteiger partial charge in [-0.3, -0.25) is 15.1 Å². The average molecular weight is 464 g/mol. The maximum Gasteiger partial charge on any atom is 0.151 e. The van der Waals surface area contributed by atoms with E-state index in [1.165, 1.54) is 14.2 Å². The number of hydrogen-bond acceptors (Lipinski definition) is 6. The number of nitrogens with one attached hydrogen (secondary N) is 2. The van der Waals surface area contributed by atoms with Gasteiger partial charge in [0, 0.05) is 30.5 Å². The molecule has 10 heteroatoms. The minimum atomic E-state index is 0.178. The maximum absolute atomic E-state index is 8.34. The molecule has 31 heavy (non-hydrogen) atoms. The molecule has 8 nitrogen and oxygen atoms in total. The molecule has 3 rings (SSSR count). The molecule has 2 aromatic rings. The summed E-state index contributed by atoms with van der Waals surface area (Å²) in [5.74, 6) is 1.17. The van der Waals surface area contributed by atoms with Crippen LogP contribution in [0.2, 0.25) is 10.0 Å². The number of rotatable bonds is 8. The Kier molecular flexibility index (Phi) is 7.37. The highest BCUT2D eigenvalue weighted by atomic mass is 35.5. The summed E-state index contributed by atoms with van der Waals surface area (Å²) in [6.45, 7) is 5.52. The summed E-state index contributed by atoms with van der Waals surface area (Å²) < 4.78 is 17.5. The second-order valence-electron chi connectivity index (χ2n) is 6.64. The highest BCUT2D eigenvalue weighted by Gasteiger charge is 2.25. The van der Waals surface area contributed by atoms with Gasteiger partial charge in [0.2, 0.25) is 0 Å². The summed E-state index contributed by atoms with van der Waals surface area (Å²) in [7, 11) is 4.66. The van der Waals surface area contributed by atoms with Gasteiger partial charge in [-0.1, -0.05) is 29.8 Å². The van der Waals surface area contributed by atoms with Crippen LogP contribution in [-0.2, 0) is 17.8 Å². The fourth-order valence-electron chi connectivity index (χ4n) is 2.97. The Morgan fingerprint density at radius 3 is 2.48 bits per heavy atom. The summed E-state index contributed by atoms with van der Waals surface area (Å²) in [5, 5.41) is 16.4. The Hall–Kier alpha value is -2.81. The largest absolute Gasteiger partial charge is 0.495 e. The summed E-state index contributed by atoms with van der Waals surface area (Å²) in [4.78, 5) is 4.54. The van der Waals surface area contributed by atoms with Crippen LogP contribution >= 0.6 is 23.2 Å². The zero-order chi connectivity index (χ0) is 22.5. The van der Waals surface area contributed by atoms with Crippen LogP contribution in [0.5, 0.6) is 11.5 Å².